The zero-order valence-corrected chi connectivity index (χ0v) is 14.9. The maximum Gasteiger partial charge on any atom is 0.218 e. The van der Waals surface area contributed by atoms with Gasteiger partial charge >= 0.3 is 0 Å². The molecule has 0 fully saturated rings. The number of rotatable bonds is 3. The second kappa shape index (κ2) is 6.90. The van der Waals surface area contributed by atoms with Crippen molar-refractivity contribution in [3.63, 3.8) is 0 Å². The molecule has 3 aromatic rings. The molecule has 128 valence electrons. The molecule has 2 aromatic carbocycles. The number of fused-ring (bicyclic) bond motifs is 1. The summed E-state index contributed by atoms with van der Waals surface area (Å²) < 4.78 is 5.17. The molecule has 0 saturated carbocycles. The predicted molar refractivity (Wildman–Crippen MR) is 103 cm³/mol. The zero-order chi connectivity index (χ0) is 18.0. The van der Waals surface area contributed by atoms with E-state index in [9.17, 15) is 5.11 Å². The molecule has 0 radical (unpaired) electrons. The lowest BCUT2D eigenvalue weighted by atomic mass is 10.1. The number of hydrogen-bond acceptors (Lipinski definition) is 4. The lowest BCUT2D eigenvalue weighted by Crippen LogP contribution is -2.04. The lowest BCUT2D eigenvalue weighted by Gasteiger charge is -2.05. The Labute approximate surface area is 150 Å². The smallest absolute Gasteiger partial charge is 0.218 e. The highest BCUT2D eigenvalue weighted by molar-refractivity contribution is 7.80. The largest absolute Gasteiger partial charge is 0.497 e. The van der Waals surface area contributed by atoms with Gasteiger partial charge in [0, 0.05) is 17.1 Å². The number of aromatic hydroxyl groups is 1. The Morgan fingerprint density at radius 3 is 2.80 bits per heavy atom. The molecule has 3 N–H and O–H groups in total. The number of aromatic amines is 1. The summed E-state index contributed by atoms with van der Waals surface area (Å²) in [7, 11) is 1.60. The number of thiocarbonyl (C=S) groups is 1. The van der Waals surface area contributed by atoms with Gasteiger partial charge in [-0.1, -0.05) is 18.2 Å². The fourth-order valence-corrected chi connectivity index (χ4v) is 2.68. The van der Waals surface area contributed by atoms with Gasteiger partial charge in [-0.2, -0.15) is 0 Å². The molecule has 0 atom stereocenters. The number of aromatic nitrogens is 1. The summed E-state index contributed by atoms with van der Waals surface area (Å²) in [6, 6.07) is 11.2. The molecular formula is C18H18N4O2S. The van der Waals surface area contributed by atoms with E-state index in [1.165, 1.54) is 0 Å². The number of ether oxygens (including phenoxy) is 1. The van der Waals surface area contributed by atoms with Crippen molar-refractivity contribution in [1.82, 2.24) is 4.98 Å². The SMILES string of the molecule is COc1cccc(NC(=S)N=Nc2c(O)[nH]c3c(C)c(C)ccc23)c1. The molecule has 1 heterocycles. The van der Waals surface area contributed by atoms with Gasteiger partial charge in [-0.25, -0.2) is 0 Å². The summed E-state index contributed by atoms with van der Waals surface area (Å²) in [6.45, 7) is 4.00. The molecule has 0 aliphatic heterocycles. The van der Waals surface area contributed by atoms with E-state index in [2.05, 4.69) is 20.5 Å². The minimum absolute atomic E-state index is 0.0309. The van der Waals surface area contributed by atoms with Crippen molar-refractivity contribution < 1.29 is 9.84 Å². The van der Waals surface area contributed by atoms with Crippen molar-refractivity contribution in [2.75, 3.05) is 12.4 Å². The summed E-state index contributed by atoms with van der Waals surface area (Å²) in [4.78, 5) is 2.95. The molecule has 6 nitrogen and oxygen atoms in total. The van der Waals surface area contributed by atoms with Gasteiger partial charge in [0.15, 0.2) is 5.69 Å². The van der Waals surface area contributed by atoms with Crippen LogP contribution in [-0.2, 0) is 0 Å². The van der Waals surface area contributed by atoms with Crippen LogP contribution in [0.2, 0.25) is 0 Å². The Balaban J connectivity index is 1.84. The van der Waals surface area contributed by atoms with E-state index in [-0.39, 0.29) is 11.0 Å². The van der Waals surface area contributed by atoms with Crippen molar-refractivity contribution in [2.45, 2.75) is 13.8 Å². The number of azo groups is 1. The summed E-state index contributed by atoms with van der Waals surface area (Å²) in [5, 5.41) is 22.2. The van der Waals surface area contributed by atoms with Gasteiger partial charge in [-0.3, -0.25) is 0 Å². The highest BCUT2D eigenvalue weighted by Crippen LogP contribution is 2.37. The average molecular weight is 354 g/mol. The summed E-state index contributed by atoms with van der Waals surface area (Å²) in [5.41, 5.74) is 4.16. The molecule has 7 heteroatoms. The molecule has 0 amide bonds. The van der Waals surface area contributed by atoms with Crippen LogP contribution >= 0.6 is 12.2 Å². The van der Waals surface area contributed by atoms with E-state index in [1.54, 1.807) is 13.2 Å². The van der Waals surface area contributed by atoms with E-state index in [0.717, 1.165) is 27.7 Å². The first kappa shape index (κ1) is 16.9. The third-order valence-electron chi connectivity index (χ3n) is 4.02. The fraction of sp³-hybridized carbons (Fsp3) is 0.167. The summed E-state index contributed by atoms with van der Waals surface area (Å²) in [6.07, 6.45) is 0. The standard InChI is InChI=1S/C18H18N4O2S/c1-10-7-8-14-15(11(10)2)20-17(23)16(14)21-22-18(25)19-12-5-4-6-13(9-12)24-3/h4-9,20,23H,1-3H3,(H,19,25). The monoisotopic (exact) mass is 354 g/mol. The normalized spacial score (nSPS) is 11.2. The molecule has 3 rings (SSSR count). The van der Waals surface area contributed by atoms with Crippen LogP contribution in [0.25, 0.3) is 10.9 Å². The number of anilines is 1. The van der Waals surface area contributed by atoms with Crippen molar-refractivity contribution in [1.29, 1.82) is 0 Å². The topological polar surface area (TPSA) is 82.0 Å². The molecule has 0 bridgehead atoms. The minimum atomic E-state index is -0.0309. The van der Waals surface area contributed by atoms with Crippen LogP contribution < -0.4 is 10.1 Å². The first-order valence-electron chi connectivity index (χ1n) is 7.67. The van der Waals surface area contributed by atoms with E-state index in [4.69, 9.17) is 17.0 Å². The quantitative estimate of drug-likeness (QED) is 0.458. The van der Waals surface area contributed by atoms with Gasteiger partial charge in [0.1, 0.15) is 5.75 Å². The van der Waals surface area contributed by atoms with Crippen molar-refractivity contribution in [3.8, 4) is 11.6 Å². The van der Waals surface area contributed by atoms with E-state index in [0.29, 0.717) is 11.4 Å². The number of H-pyrrole nitrogens is 1. The van der Waals surface area contributed by atoms with E-state index < -0.39 is 0 Å². The van der Waals surface area contributed by atoms with Gasteiger partial charge in [0.2, 0.25) is 11.0 Å². The summed E-state index contributed by atoms with van der Waals surface area (Å²) in [5.74, 6) is 0.682. The maximum absolute atomic E-state index is 10.1. The molecule has 0 aliphatic rings. The predicted octanol–water partition coefficient (Wildman–Crippen LogP) is 4.98. The van der Waals surface area contributed by atoms with Crippen LogP contribution in [0.3, 0.4) is 0 Å². The van der Waals surface area contributed by atoms with Gasteiger partial charge < -0.3 is 20.1 Å². The van der Waals surface area contributed by atoms with Gasteiger partial charge in [-0.05, 0) is 49.3 Å². The van der Waals surface area contributed by atoms with Crippen LogP contribution in [0.1, 0.15) is 11.1 Å². The van der Waals surface area contributed by atoms with Crippen molar-refractivity contribution in [3.05, 3.63) is 47.5 Å². The van der Waals surface area contributed by atoms with Crippen LogP contribution in [0.15, 0.2) is 46.6 Å². The fourth-order valence-electron chi connectivity index (χ4n) is 2.53. The Morgan fingerprint density at radius 2 is 2.04 bits per heavy atom. The van der Waals surface area contributed by atoms with Gasteiger partial charge in [0.25, 0.3) is 0 Å². The van der Waals surface area contributed by atoms with Gasteiger partial charge in [-0.15, -0.1) is 10.2 Å². The van der Waals surface area contributed by atoms with Crippen molar-refractivity contribution >= 4 is 39.6 Å². The molecule has 25 heavy (non-hydrogen) atoms. The van der Waals surface area contributed by atoms with Crippen LogP contribution in [-0.4, -0.2) is 22.3 Å². The van der Waals surface area contributed by atoms with Gasteiger partial charge in [0.05, 0.1) is 12.6 Å². The average Bonchev–Trinajstić information content (AvgIpc) is 2.93. The second-order valence-corrected chi connectivity index (χ2v) is 6.00. The first-order valence-corrected chi connectivity index (χ1v) is 8.08. The van der Waals surface area contributed by atoms with E-state index >= 15 is 0 Å². The van der Waals surface area contributed by atoms with Crippen LogP contribution in [0, 0.1) is 13.8 Å². The number of benzene rings is 2. The number of aryl methyl sites for hydroxylation is 2. The van der Waals surface area contributed by atoms with Crippen molar-refractivity contribution in [2.24, 2.45) is 10.2 Å². The maximum atomic E-state index is 10.1. The number of hydrogen-bond donors (Lipinski definition) is 3. The second-order valence-electron chi connectivity index (χ2n) is 5.61. The molecular weight excluding hydrogens is 336 g/mol. The Morgan fingerprint density at radius 1 is 1.24 bits per heavy atom. The molecule has 1 aromatic heterocycles. The third kappa shape index (κ3) is 3.46. The minimum Gasteiger partial charge on any atom is -0.497 e. The van der Waals surface area contributed by atoms with Crippen LogP contribution in [0.5, 0.6) is 11.6 Å². The summed E-state index contributed by atoms with van der Waals surface area (Å²) >= 11 is 5.20. The highest BCUT2D eigenvalue weighted by atomic mass is 32.1. The number of nitrogens with zero attached hydrogens (tertiary/aromatic N) is 2. The molecule has 0 aliphatic carbocycles. The van der Waals surface area contributed by atoms with E-state index in [1.807, 2.05) is 44.2 Å². The third-order valence-corrected chi connectivity index (χ3v) is 4.20. The Hall–Kier alpha value is -2.93. The molecule has 0 spiro atoms. The Bertz CT molecular complexity index is 979. The molecule has 0 saturated heterocycles. The van der Waals surface area contributed by atoms with Crippen LogP contribution in [0.4, 0.5) is 11.4 Å². The number of methoxy groups -OCH3 is 1. The number of nitrogens with one attached hydrogen (secondary N) is 2. The first-order chi connectivity index (χ1) is 12.0. The molecule has 0 unspecified atom stereocenters. The highest BCUT2D eigenvalue weighted by Gasteiger charge is 2.13. The zero-order valence-electron chi connectivity index (χ0n) is 14.1. The Kier molecular flexibility index (Phi) is 4.67. The lowest BCUT2D eigenvalue weighted by molar-refractivity contribution is 0.415.